The minimum Gasteiger partial charge on any atom is -0.338 e. The Bertz CT molecular complexity index is 698. The Hall–Kier alpha value is -1.62. The van der Waals surface area contributed by atoms with Crippen LogP contribution >= 0.6 is 0 Å². The van der Waals surface area contributed by atoms with Gasteiger partial charge < -0.3 is 4.57 Å². The van der Waals surface area contributed by atoms with Crippen LogP contribution < -0.4 is 0 Å². The van der Waals surface area contributed by atoms with E-state index in [0.717, 1.165) is 17.2 Å². The van der Waals surface area contributed by atoms with E-state index in [2.05, 4.69) is 0 Å². The molecule has 0 fully saturated rings. The van der Waals surface area contributed by atoms with Gasteiger partial charge in [-0.3, -0.25) is 4.79 Å². The Morgan fingerprint density at radius 3 is 2.56 bits per heavy atom. The Balaban J connectivity index is 2.54. The molecule has 1 heterocycles. The summed E-state index contributed by atoms with van der Waals surface area (Å²) in [5, 5.41) is 0.955. The number of hydrogen-bond donors (Lipinski definition) is 0. The lowest BCUT2D eigenvalue weighted by molar-refractivity contribution is 0.101. The Kier molecular flexibility index (Phi) is 3.26. The summed E-state index contributed by atoms with van der Waals surface area (Å²) in [5.74, 6) is -0.792. The molecular formula is C13H15NO3S. The van der Waals surface area contributed by atoms with Gasteiger partial charge >= 0.3 is 0 Å². The second-order valence-corrected chi connectivity index (χ2v) is 6.47. The van der Waals surface area contributed by atoms with Crippen molar-refractivity contribution in [2.75, 3.05) is 12.0 Å². The highest BCUT2D eigenvalue weighted by molar-refractivity contribution is 7.91. The van der Waals surface area contributed by atoms with Crippen LogP contribution in [-0.4, -0.2) is 30.8 Å². The van der Waals surface area contributed by atoms with E-state index in [1.165, 1.54) is 0 Å². The molecule has 0 atom stereocenters. The van der Waals surface area contributed by atoms with Crippen LogP contribution in [0.2, 0.25) is 0 Å². The van der Waals surface area contributed by atoms with E-state index in [0.29, 0.717) is 12.2 Å². The fraction of sp³-hybridized carbons (Fsp3) is 0.308. The highest BCUT2D eigenvalue weighted by Crippen LogP contribution is 2.20. The summed E-state index contributed by atoms with van der Waals surface area (Å²) >= 11 is 0. The molecule has 4 nitrogen and oxygen atoms in total. The summed E-state index contributed by atoms with van der Waals surface area (Å²) < 4.78 is 24.2. The zero-order chi connectivity index (χ0) is 13.3. The van der Waals surface area contributed by atoms with Crippen molar-refractivity contribution in [2.24, 2.45) is 0 Å². The van der Waals surface area contributed by atoms with Crippen LogP contribution in [0, 0.1) is 0 Å². The van der Waals surface area contributed by atoms with Crippen LogP contribution in [0.3, 0.4) is 0 Å². The fourth-order valence-corrected chi connectivity index (χ4v) is 2.72. The van der Waals surface area contributed by atoms with Crippen molar-refractivity contribution >= 4 is 26.5 Å². The predicted molar refractivity (Wildman–Crippen MR) is 71.7 cm³/mol. The largest absolute Gasteiger partial charge is 0.338 e. The Morgan fingerprint density at radius 1 is 1.28 bits per heavy atom. The van der Waals surface area contributed by atoms with Crippen molar-refractivity contribution in [3.05, 3.63) is 36.0 Å². The number of fused-ring (bicyclic) bond motifs is 1. The first-order chi connectivity index (χ1) is 8.42. The normalized spacial score (nSPS) is 11.9. The summed E-state index contributed by atoms with van der Waals surface area (Å²) in [6, 6.07) is 9.40. The third-order valence-electron chi connectivity index (χ3n) is 2.81. The van der Waals surface area contributed by atoms with Gasteiger partial charge in [-0.25, -0.2) is 8.42 Å². The average molecular weight is 265 g/mol. The molecule has 0 saturated carbocycles. The van der Waals surface area contributed by atoms with Crippen molar-refractivity contribution in [3.63, 3.8) is 0 Å². The molecule has 0 aliphatic rings. The molecule has 0 bridgehead atoms. The lowest BCUT2D eigenvalue weighted by Crippen LogP contribution is -2.17. The maximum Gasteiger partial charge on any atom is 0.194 e. The van der Waals surface area contributed by atoms with E-state index in [1.807, 2.05) is 35.8 Å². The number of aromatic nitrogens is 1. The minimum absolute atomic E-state index is 0.351. The maximum atomic E-state index is 12.0. The number of Topliss-reactive ketones (excluding diaryl/α,β-unsaturated/α-hetero) is 1. The highest BCUT2D eigenvalue weighted by Gasteiger charge is 2.18. The van der Waals surface area contributed by atoms with Gasteiger partial charge in [-0.1, -0.05) is 18.2 Å². The molecule has 2 aromatic rings. The zero-order valence-electron chi connectivity index (χ0n) is 10.4. The molecule has 18 heavy (non-hydrogen) atoms. The van der Waals surface area contributed by atoms with Crippen LogP contribution in [0.15, 0.2) is 30.3 Å². The highest BCUT2D eigenvalue weighted by atomic mass is 32.2. The lowest BCUT2D eigenvalue weighted by atomic mass is 10.2. The number of aryl methyl sites for hydroxylation is 1. The minimum atomic E-state index is -3.30. The molecule has 0 radical (unpaired) electrons. The molecule has 96 valence electrons. The van der Waals surface area contributed by atoms with E-state index in [9.17, 15) is 13.2 Å². The first-order valence-corrected chi connectivity index (χ1v) is 7.77. The molecule has 0 aliphatic carbocycles. The van der Waals surface area contributed by atoms with Crippen molar-refractivity contribution < 1.29 is 13.2 Å². The molecule has 5 heteroatoms. The predicted octanol–water partition coefficient (Wildman–Crippen LogP) is 1.89. The van der Waals surface area contributed by atoms with Gasteiger partial charge in [-0.05, 0) is 19.1 Å². The van der Waals surface area contributed by atoms with Gasteiger partial charge in [-0.15, -0.1) is 0 Å². The monoisotopic (exact) mass is 265 g/mol. The van der Waals surface area contributed by atoms with E-state index in [1.54, 1.807) is 6.07 Å². The number of rotatable bonds is 4. The second-order valence-electron chi connectivity index (χ2n) is 4.33. The van der Waals surface area contributed by atoms with Crippen LogP contribution in [0.25, 0.3) is 10.9 Å². The smallest absolute Gasteiger partial charge is 0.194 e. The number of carbonyl (C=O) groups is 1. The number of sulfone groups is 1. The summed E-state index contributed by atoms with van der Waals surface area (Å²) in [7, 11) is -3.30. The third kappa shape index (κ3) is 2.46. The number of hydrogen-bond acceptors (Lipinski definition) is 3. The van der Waals surface area contributed by atoms with E-state index < -0.39 is 15.6 Å². The second kappa shape index (κ2) is 4.57. The van der Waals surface area contributed by atoms with Gasteiger partial charge in [0.25, 0.3) is 0 Å². The molecule has 0 saturated heterocycles. The van der Waals surface area contributed by atoms with E-state index in [-0.39, 0.29) is 5.78 Å². The van der Waals surface area contributed by atoms with Gasteiger partial charge in [0, 0.05) is 23.7 Å². The molecule has 1 aromatic heterocycles. The van der Waals surface area contributed by atoms with Crippen LogP contribution in [-0.2, 0) is 16.4 Å². The molecule has 2 rings (SSSR count). The zero-order valence-corrected chi connectivity index (χ0v) is 11.2. The Morgan fingerprint density at radius 2 is 1.94 bits per heavy atom. The number of carbonyl (C=O) groups excluding carboxylic acids is 1. The van der Waals surface area contributed by atoms with Crippen molar-refractivity contribution in [3.8, 4) is 0 Å². The first-order valence-electron chi connectivity index (χ1n) is 5.71. The maximum absolute atomic E-state index is 12.0. The summed E-state index contributed by atoms with van der Waals surface area (Å²) in [4.78, 5) is 12.0. The van der Waals surface area contributed by atoms with E-state index >= 15 is 0 Å². The van der Waals surface area contributed by atoms with E-state index in [4.69, 9.17) is 0 Å². The number of ketones is 1. The summed E-state index contributed by atoms with van der Waals surface area (Å²) in [6.07, 6.45) is 1.07. The standard InChI is InChI=1S/C13H15NO3S/c1-3-14-11-7-5-4-6-10(11)8-12(14)13(15)9-18(2,16)17/h4-8H,3,9H2,1-2H3. The quantitative estimate of drug-likeness (QED) is 0.793. The first kappa shape index (κ1) is 12.8. The summed E-state index contributed by atoms with van der Waals surface area (Å²) in [6.45, 7) is 2.57. The van der Waals surface area contributed by atoms with Gasteiger partial charge in [0.15, 0.2) is 15.6 Å². The topological polar surface area (TPSA) is 56.1 Å². The molecule has 0 unspecified atom stereocenters. The number of para-hydroxylation sites is 1. The number of nitrogens with zero attached hydrogens (tertiary/aromatic N) is 1. The fourth-order valence-electron chi connectivity index (χ4n) is 2.09. The summed E-state index contributed by atoms with van der Waals surface area (Å²) in [5.41, 5.74) is 1.42. The van der Waals surface area contributed by atoms with Crippen molar-refractivity contribution in [1.29, 1.82) is 0 Å². The van der Waals surface area contributed by atoms with Crippen molar-refractivity contribution in [1.82, 2.24) is 4.57 Å². The SMILES string of the molecule is CCn1c(C(=O)CS(C)(=O)=O)cc2ccccc21. The van der Waals surface area contributed by atoms with Crippen LogP contribution in [0.5, 0.6) is 0 Å². The van der Waals surface area contributed by atoms with Crippen molar-refractivity contribution in [2.45, 2.75) is 13.5 Å². The van der Waals surface area contributed by atoms with Gasteiger partial charge in [0.1, 0.15) is 5.75 Å². The van der Waals surface area contributed by atoms with Gasteiger partial charge in [0.2, 0.25) is 0 Å². The van der Waals surface area contributed by atoms with Gasteiger partial charge in [-0.2, -0.15) is 0 Å². The molecule has 0 N–H and O–H groups in total. The average Bonchev–Trinajstić information content (AvgIpc) is 2.65. The molecule has 0 aliphatic heterocycles. The Labute approximate surface area is 106 Å². The van der Waals surface area contributed by atoms with Crippen LogP contribution in [0.1, 0.15) is 17.4 Å². The molecular weight excluding hydrogens is 250 g/mol. The van der Waals surface area contributed by atoms with Gasteiger partial charge in [0.05, 0.1) is 5.69 Å². The number of benzene rings is 1. The molecule has 1 aromatic carbocycles. The molecule has 0 amide bonds. The molecule has 0 spiro atoms. The lowest BCUT2D eigenvalue weighted by Gasteiger charge is -2.06. The van der Waals surface area contributed by atoms with Crippen LogP contribution in [0.4, 0.5) is 0 Å². The third-order valence-corrected chi connectivity index (χ3v) is 3.59.